The molecule has 0 radical (unpaired) electrons. The van der Waals surface area contributed by atoms with Crippen LogP contribution in [0.1, 0.15) is 13.3 Å². The van der Waals surface area contributed by atoms with Gasteiger partial charge in [-0.25, -0.2) is 0 Å². The number of likely N-dealkylation sites (N-methyl/N-ethyl adjacent to an activating group) is 1. The lowest BCUT2D eigenvalue weighted by Gasteiger charge is -2.16. The van der Waals surface area contributed by atoms with Gasteiger partial charge in [-0.3, -0.25) is 14.4 Å². The van der Waals surface area contributed by atoms with Crippen LogP contribution < -0.4 is 5.32 Å². The second kappa shape index (κ2) is 10.7. The van der Waals surface area contributed by atoms with E-state index in [9.17, 15) is 14.4 Å². The molecule has 0 bridgehead atoms. The molecule has 0 heterocycles. The number of ether oxygens (including phenoxy) is 1. The first-order valence-corrected chi connectivity index (χ1v) is 8.35. The van der Waals surface area contributed by atoms with Crippen LogP contribution in [0.2, 0.25) is 0 Å². The molecule has 2 amide bonds. The fourth-order valence-corrected chi connectivity index (χ4v) is 2.29. The summed E-state index contributed by atoms with van der Waals surface area (Å²) in [6, 6.07) is 9.45. The highest BCUT2D eigenvalue weighted by Gasteiger charge is 2.15. The second-order valence-corrected chi connectivity index (χ2v) is 5.91. The Morgan fingerprint density at radius 2 is 1.91 bits per heavy atom. The largest absolute Gasteiger partial charge is 0.455 e. The zero-order valence-electron chi connectivity index (χ0n) is 13.4. The third-order valence-electron chi connectivity index (χ3n) is 2.84. The van der Waals surface area contributed by atoms with Gasteiger partial charge in [-0.1, -0.05) is 25.1 Å². The highest BCUT2D eigenvalue weighted by atomic mass is 32.2. The minimum absolute atomic E-state index is 0.0465. The van der Waals surface area contributed by atoms with E-state index >= 15 is 0 Å². The van der Waals surface area contributed by atoms with Gasteiger partial charge in [-0.05, 0) is 18.6 Å². The van der Waals surface area contributed by atoms with Crippen LogP contribution in [0.15, 0.2) is 35.2 Å². The van der Waals surface area contributed by atoms with Crippen LogP contribution in [0.3, 0.4) is 0 Å². The Morgan fingerprint density at radius 1 is 1.22 bits per heavy atom. The van der Waals surface area contributed by atoms with E-state index in [4.69, 9.17) is 4.74 Å². The fraction of sp³-hybridized carbons (Fsp3) is 0.438. The van der Waals surface area contributed by atoms with Gasteiger partial charge in [0.05, 0.1) is 12.3 Å². The van der Waals surface area contributed by atoms with Crippen molar-refractivity contribution < 1.29 is 19.1 Å². The van der Waals surface area contributed by atoms with Gasteiger partial charge >= 0.3 is 5.97 Å². The van der Waals surface area contributed by atoms with Crippen LogP contribution in [0, 0.1) is 0 Å². The minimum Gasteiger partial charge on any atom is -0.455 e. The third kappa shape index (κ3) is 8.25. The predicted molar refractivity (Wildman–Crippen MR) is 89.1 cm³/mol. The van der Waals surface area contributed by atoms with Gasteiger partial charge in [0.15, 0.2) is 6.61 Å². The van der Waals surface area contributed by atoms with Crippen molar-refractivity contribution in [2.24, 2.45) is 0 Å². The summed E-state index contributed by atoms with van der Waals surface area (Å²) >= 11 is 1.34. The van der Waals surface area contributed by atoms with Crippen molar-refractivity contribution >= 4 is 29.5 Å². The molecule has 1 aromatic rings. The maximum atomic E-state index is 11.8. The van der Waals surface area contributed by atoms with Gasteiger partial charge < -0.3 is 15.0 Å². The Balaban J connectivity index is 2.23. The minimum atomic E-state index is -0.462. The molecular formula is C16H22N2O4S. The molecule has 126 valence electrons. The first-order valence-electron chi connectivity index (χ1n) is 7.37. The van der Waals surface area contributed by atoms with Crippen molar-refractivity contribution in [3.8, 4) is 0 Å². The van der Waals surface area contributed by atoms with Crippen molar-refractivity contribution in [3.63, 3.8) is 0 Å². The van der Waals surface area contributed by atoms with E-state index < -0.39 is 11.9 Å². The van der Waals surface area contributed by atoms with Gasteiger partial charge in [0.1, 0.15) is 0 Å². The van der Waals surface area contributed by atoms with Gasteiger partial charge in [-0.15, -0.1) is 11.8 Å². The number of carbonyl (C=O) groups is 3. The summed E-state index contributed by atoms with van der Waals surface area (Å²) < 4.78 is 4.93. The van der Waals surface area contributed by atoms with Crippen molar-refractivity contribution in [3.05, 3.63) is 30.3 Å². The molecule has 0 saturated carbocycles. The first-order chi connectivity index (χ1) is 11.0. The summed E-state index contributed by atoms with van der Waals surface area (Å²) in [6.45, 7) is 2.12. The molecular weight excluding hydrogens is 316 g/mol. The summed E-state index contributed by atoms with van der Waals surface area (Å²) in [5, 5.41) is 2.68. The average molecular weight is 338 g/mol. The number of benzene rings is 1. The predicted octanol–water partition coefficient (Wildman–Crippen LogP) is 1.31. The summed E-state index contributed by atoms with van der Waals surface area (Å²) in [4.78, 5) is 37.1. The third-order valence-corrected chi connectivity index (χ3v) is 3.82. The molecule has 1 rings (SSSR count). The monoisotopic (exact) mass is 338 g/mol. The van der Waals surface area contributed by atoms with E-state index in [1.807, 2.05) is 37.3 Å². The molecule has 0 aromatic heterocycles. The number of nitrogens with zero attached hydrogens (tertiary/aromatic N) is 1. The van der Waals surface area contributed by atoms with Crippen LogP contribution in [-0.2, 0) is 19.1 Å². The lowest BCUT2D eigenvalue weighted by atomic mass is 10.4. The summed E-state index contributed by atoms with van der Waals surface area (Å²) in [5.74, 6) is -0.961. The zero-order chi connectivity index (χ0) is 17.1. The molecule has 0 fully saturated rings. The molecule has 0 aliphatic rings. The SMILES string of the molecule is CCCNC(=O)CN(C)C(=O)COC(=O)CSc1ccccc1. The number of carbonyl (C=O) groups excluding carboxylic acids is 3. The van der Waals surface area contributed by atoms with Crippen molar-refractivity contribution in [1.82, 2.24) is 10.2 Å². The van der Waals surface area contributed by atoms with Crippen LogP contribution >= 0.6 is 11.8 Å². The summed E-state index contributed by atoms with van der Waals surface area (Å²) in [6.07, 6.45) is 0.833. The molecule has 6 nitrogen and oxygen atoms in total. The molecule has 0 aliphatic carbocycles. The van der Waals surface area contributed by atoms with Crippen LogP contribution in [0.4, 0.5) is 0 Å². The number of rotatable bonds is 9. The van der Waals surface area contributed by atoms with Crippen molar-refractivity contribution in [2.75, 3.05) is 32.5 Å². The Bertz CT molecular complexity index is 522. The summed E-state index contributed by atoms with van der Waals surface area (Å²) in [7, 11) is 1.50. The number of hydrogen-bond donors (Lipinski definition) is 1. The highest BCUT2D eigenvalue weighted by molar-refractivity contribution is 8.00. The lowest BCUT2D eigenvalue weighted by molar-refractivity contribution is -0.149. The molecule has 0 saturated heterocycles. The van der Waals surface area contributed by atoms with E-state index in [-0.39, 0.29) is 24.8 Å². The zero-order valence-corrected chi connectivity index (χ0v) is 14.2. The molecule has 7 heteroatoms. The molecule has 0 spiro atoms. The smallest absolute Gasteiger partial charge is 0.316 e. The van der Waals surface area contributed by atoms with Gasteiger partial charge in [-0.2, -0.15) is 0 Å². The fourth-order valence-electron chi connectivity index (χ4n) is 1.58. The quantitative estimate of drug-likeness (QED) is 0.543. The van der Waals surface area contributed by atoms with Crippen LogP contribution in [0.25, 0.3) is 0 Å². The normalized spacial score (nSPS) is 10.0. The highest BCUT2D eigenvalue weighted by Crippen LogP contribution is 2.16. The molecule has 1 N–H and O–H groups in total. The maximum absolute atomic E-state index is 11.8. The topological polar surface area (TPSA) is 75.7 Å². The average Bonchev–Trinajstić information content (AvgIpc) is 2.56. The molecule has 0 aliphatic heterocycles. The second-order valence-electron chi connectivity index (χ2n) is 4.86. The lowest BCUT2D eigenvalue weighted by Crippen LogP contribution is -2.40. The molecule has 1 aromatic carbocycles. The maximum Gasteiger partial charge on any atom is 0.316 e. The van der Waals surface area contributed by atoms with Crippen LogP contribution in [-0.4, -0.2) is 55.2 Å². The van der Waals surface area contributed by atoms with Gasteiger partial charge in [0, 0.05) is 18.5 Å². The Kier molecular flexibility index (Phi) is 8.82. The molecule has 0 unspecified atom stereocenters. The van der Waals surface area contributed by atoms with E-state index in [0.717, 1.165) is 11.3 Å². The van der Waals surface area contributed by atoms with Gasteiger partial charge in [0.25, 0.3) is 5.91 Å². The molecule has 23 heavy (non-hydrogen) atoms. The Labute approximate surface area is 140 Å². The van der Waals surface area contributed by atoms with E-state index in [1.165, 1.54) is 23.7 Å². The Hall–Kier alpha value is -2.02. The standard InChI is InChI=1S/C16H22N2O4S/c1-3-9-17-14(19)10-18(2)15(20)11-22-16(21)12-23-13-7-5-4-6-8-13/h4-8H,3,9-12H2,1-2H3,(H,17,19). The van der Waals surface area contributed by atoms with Crippen molar-refractivity contribution in [1.29, 1.82) is 0 Å². The van der Waals surface area contributed by atoms with Gasteiger partial charge in [0.2, 0.25) is 5.91 Å². The number of hydrogen-bond acceptors (Lipinski definition) is 5. The molecule has 0 atom stereocenters. The Morgan fingerprint density at radius 3 is 2.57 bits per heavy atom. The number of nitrogens with one attached hydrogen (secondary N) is 1. The number of amides is 2. The van der Waals surface area contributed by atoms with Crippen molar-refractivity contribution in [2.45, 2.75) is 18.2 Å². The number of esters is 1. The van der Waals surface area contributed by atoms with E-state index in [0.29, 0.717) is 6.54 Å². The van der Waals surface area contributed by atoms with Crippen LogP contribution in [0.5, 0.6) is 0 Å². The summed E-state index contributed by atoms with van der Waals surface area (Å²) in [5.41, 5.74) is 0. The number of thioether (sulfide) groups is 1. The van der Waals surface area contributed by atoms with E-state index in [1.54, 1.807) is 0 Å². The first kappa shape index (κ1) is 19.0. The van der Waals surface area contributed by atoms with E-state index in [2.05, 4.69) is 5.32 Å².